The van der Waals surface area contributed by atoms with Gasteiger partial charge in [0.15, 0.2) is 0 Å². The van der Waals surface area contributed by atoms with Crippen LogP contribution in [-0.2, 0) is 4.74 Å². The Hall–Kier alpha value is -1.09. The van der Waals surface area contributed by atoms with Crippen molar-refractivity contribution in [3.05, 3.63) is 29.6 Å². The van der Waals surface area contributed by atoms with Gasteiger partial charge in [-0.25, -0.2) is 4.39 Å². The third kappa shape index (κ3) is 3.69. The Morgan fingerprint density at radius 1 is 1.32 bits per heavy atom. The molecule has 1 aliphatic heterocycles. The van der Waals surface area contributed by atoms with Crippen molar-refractivity contribution >= 4 is 0 Å². The molecular weight excluding hydrogens is 243 g/mol. The van der Waals surface area contributed by atoms with Gasteiger partial charge in [0.05, 0.1) is 18.8 Å². The third-order valence-corrected chi connectivity index (χ3v) is 3.64. The predicted molar refractivity (Wildman–Crippen MR) is 74.2 cm³/mol. The topological polar surface area (TPSA) is 21.8 Å². The lowest BCUT2D eigenvalue weighted by Crippen LogP contribution is -2.05. The largest absolute Gasteiger partial charge is 0.493 e. The second kappa shape index (κ2) is 6.38. The first-order valence-electron chi connectivity index (χ1n) is 7.23. The molecule has 1 saturated heterocycles. The molecule has 3 unspecified atom stereocenters. The number of halogens is 1. The van der Waals surface area contributed by atoms with Crippen LogP contribution in [0.3, 0.4) is 0 Å². The molecule has 0 N–H and O–H groups in total. The summed E-state index contributed by atoms with van der Waals surface area (Å²) in [5, 5.41) is 0. The maximum absolute atomic E-state index is 13.4. The average molecular weight is 266 g/mol. The first-order chi connectivity index (χ1) is 9.15. The van der Waals surface area contributed by atoms with Crippen LogP contribution in [0.1, 0.15) is 51.5 Å². The van der Waals surface area contributed by atoms with E-state index < -0.39 is 0 Å². The Morgan fingerprint density at radius 2 is 2.11 bits per heavy atom. The van der Waals surface area contributed by atoms with Gasteiger partial charge in [-0.15, -0.1) is 0 Å². The minimum atomic E-state index is -0.200. The summed E-state index contributed by atoms with van der Waals surface area (Å²) in [6.45, 7) is 6.98. The summed E-state index contributed by atoms with van der Waals surface area (Å²) in [6.07, 6.45) is 3.68. The molecule has 1 heterocycles. The molecule has 2 nitrogen and oxygen atoms in total. The Labute approximate surface area is 114 Å². The molecule has 0 radical (unpaired) electrons. The smallest absolute Gasteiger partial charge is 0.123 e. The molecule has 106 valence electrons. The molecule has 1 fully saturated rings. The van der Waals surface area contributed by atoms with Crippen molar-refractivity contribution in [3.8, 4) is 5.75 Å². The first kappa shape index (κ1) is 14.3. The highest BCUT2D eigenvalue weighted by molar-refractivity contribution is 5.36. The molecule has 0 bridgehead atoms. The zero-order chi connectivity index (χ0) is 13.8. The maximum atomic E-state index is 13.4. The van der Waals surface area contributed by atoms with E-state index in [9.17, 15) is 4.39 Å². The van der Waals surface area contributed by atoms with Gasteiger partial charge in [-0.3, -0.25) is 0 Å². The predicted octanol–water partition coefficient (Wildman–Crippen LogP) is 4.29. The van der Waals surface area contributed by atoms with E-state index in [2.05, 4.69) is 20.8 Å². The van der Waals surface area contributed by atoms with Gasteiger partial charge in [-0.2, -0.15) is 0 Å². The second-order valence-electron chi connectivity index (χ2n) is 5.29. The minimum Gasteiger partial charge on any atom is -0.493 e. The summed E-state index contributed by atoms with van der Waals surface area (Å²) in [7, 11) is 0. The van der Waals surface area contributed by atoms with Crippen molar-refractivity contribution in [1.82, 2.24) is 0 Å². The zero-order valence-electron chi connectivity index (χ0n) is 12.0. The van der Waals surface area contributed by atoms with E-state index in [4.69, 9.17) is 9.47 Å². The van der Waals surface area contributed by atoms with Gasteiger partial charge in [0.25, 0.3) is 0 Å². The fourth-order valence-electron chi connectivity index (χ4n) is 2.47. The van der Waals surface area contributed by atoms with Crippen molar-refractivity contribution in [2.75, 3.05) is 6.61 Å². The molecule has 1 aromatic carbocycles. The van der Waals surface area contributed by atoms with Crippen molar-refractivity contribution < 1.29 is 13.9 Å². The van der Waals surface area contributed by atoms with Crippen LogP contribution in [0.15, 0.2) is 18.2 Å². The molecule has 0 saturated carbocycles. The molecule has 0 spiro atoms. The molecule has 1 aliphatic rings. The van der Waals surface area contributed by atoms with Crippen LogP contribution in [-0.4, -0.2) is 18.8 Å². The fraction of sp³-hybridized carbons (Fsp3) is 0.625. The zero-order valence-corrected chi connectivity index (χ0v) is 12.0. The lowest BCUT2D eigenvalue weighted by Gasteiger charge is -2.16. The van der Waals surface area contributed by atoms with E-state index in [1.807, 2.05) is 0 Å². The van der Waals surface area contributed by atoms with Crippen LogP contribution in [0.2, 0.25) is 0 Å². The Bertz CT molecular complexity index is 419. The number of epoxide rings is 1. The normalized spacial score (nSPS) is 23.2. The lowest BCUT2D eigenvalue weighted by atomic mass is 9.94. The van der Waals surface area contributed by atoms with Crippen molar-refractivity contribution in [2.45, 2.75) is 58.2 Å². The highest BCUT2D eigenvalue weighted by Gasteiger charge is 2.38. The van der Waals surface area contributed by atoms with Crippen LogP contribution >= 0.6 is 0 Å². The first-order valence-corrected chi connectivity index (χ1v) is 7.23. The molecule has 0 aliphatic carbocycles. The van der Waals surface area contributed by atoms with E-state index in [1.165, 1.54) is 6.07 Å². The van der Waals surface area contributed by atoms with Crippen LogP contribution in [0.5, 0.6) is 5.75 Å². The Morgan fingerprint density at radius 3 is 2.74 bits per heavy atom. The lowest BCUT2D eigenvalue weighted by molar-refractivity contribution is 0.309. The summed E-state index contributed by atoms with van der Waals surface area (Å²) in [6, 6.07) is 4.80. The SMILES string of the molecule is CCCOc1ccc(F)cc1C(C)CC1OC1CC. The van der Waals surface area contributed by atoms with Gasteiger partial charge in [0, 0.05) is 0 Å². The van der Waals surface area contributed by atoms with E-state index in [1.54, 1.807) is 12.1 Å². The number of benzene rings is 1. The molecule has 0 amide bonds. The summed E-state index contributed by atoms with van der Waals surface area (Å²) < 4.78 is 24.7. The monoisotopic (exact) mass is 266 g/mol. The Kier molecular flexibility index (Phi) is 4.81. The van der Waals surface area contributed by atoms with Gasteiger partial charge in [-0.05, 0) is 48.9 Å². The molecule has 2 rings (SSSR count). The van der Waals surface area contributed by atoms with Gasteiger partial charge in [-0.1, -0.05) is 20.8 Å². The number of rotatable bonds is 7. The molecule has 0 aromatic heterocycles. The van der Waals surface area contributed by atoms with Crippen LogP contribution in [0.4, 0.5) is 4.39 Å². The summed E-state index contributed by atoms with van der Waals surface area (Å²) in [5.41, 5.74) is 0.957. The molecule has 3 atom stereocenters. The quantitative estimate of drug-likeness (QED) is 0.687. The summed E-state index contributed by atoms with van der Waals surface area (Å²) in [5.74, 6) is 0.864. The van der Waals surface area contributed by atoms with E-state index in [0.29, 0.717) is 18.8 Å². The fourth-order valence-corrected chi connectivity index (χ4v) is 2.47. The highest BCUT2D eigenvalue weighted by atomic mass is 19.1. The summed E-state index contributed by atoms with van der Waals surface area (Å²) >= 11 is 0. The van der Waals surface area contributed by atoms with E-state index in [-0.39, 0.29) is 11.7 Å². The third-order valence-electron chi connectivity index (χ3n) is 3.64. The van der Waals surface area contributed by atoms with E-state index >= 15 is 0 Å². The minimum absolute atomic E-state index is 0.200. The van der Waals surface area contributed by atoms with Crippen LogP contribution in [0, 0.1) is 5.82 Å². The van der Waals surface area contributed by atoms with Crippen molar-refractivity contribution in [3.63, 3.8) is 0 Å². The number of ether oxygens (including phenoxy) is 2. The van der Waals surface area contributed by atoms with Gasteiger partial charge in [0.1, 0.15) is 11.6 Å². The van der Waals surface area contributed by atoms with Crippen molar-refractivity contribution in [1.29, 1.82) is 0 Å². The second-order valence-corrected chi connectivity index (χ2v) is 5.29. The standard InChI is InChI=1S/C16H23FO2/c1-4-8-18-15-7-6-12(17)10-13(15)11(3)9-16-14(5-2)19-16/h6-7,10-11,14,16H,4-5,8-9H2,1-3H3. The molecule has 19 heavy (non-hydrogen) atoms. The molecule has 3 heteroatoms. The molecular formula is C16H23FO2. The van der Waals surface area contributed by atoms with Crippen molar-refractivity contribution in [2.24, 2.45) is 0 Å². The maximum Gasteiger partial charge on any atom is 0.123 e. The van der Waals surface area contributed by atoms with Crippen LogP contribution < -0.4 is 4.74 Å². The highest BCUT2D eigenvalue weighted by Crippen LogP contribution is 2.37. The van der Waals surface area contributed by atoms with E-state index in [0.717, 1.165) is 30.6 Å². The number of hydrogen-bond donors (Lipinski definition) is 0. The average Bonchev–Trinajstić information content (AvgIpc) is 3.15. The van der Waals surface area contributed by atoms with Gasteiger partial charge in [0.2, 0.25) is 0 Å². The van der Waals surface area contributed by atoms with Crippen LogP contribution in [0.25, 0.3) is 0 Å². The Balaban J connectivity index is 2.05. The number of hydrogen-bond acceptors (Lipinski definition) is 2. The van der Waals surface area contributed by atoms with Gasteiger partial charge >= 0.3 is 0 Å². The van der Waals surface area contributed by atoms with Gasteiger partial charge < -0.3 is 9.47 Å². The summed E-state index contributed by atoms with van der Waals surface area (Å²) in [4.78, 5) is 0. The molecule has 1 aromatic rings.